The molecule has 0 heterocycles. The predicted molar refractivity (Wildman–Crippen MR) is 113 cm³/mol. The Balaban J connectivity index is 2.38. The molecule has 2 aromatic carbocycles. The molecule has 0 unspecified atom stereocenters. The molecule has 30 heavy (non-hydrogen) atoms. The summed E-state index contributed by atoms with van der Waals surface area (Å²) in [7, 11) is -3.33. The summed E-state index contributed by atoms with van der Waals surface area (Å²) in [6.45, 7) is 1.43. The van der Waals surface area contributed by atoms with Crippen molar-refractivity contribution in [3.63, 3.8) is 0 Å². The molecule has 0 aliphatic rings. The molecule has 2 aromatic rings. The van der Waals surface area contributed by atoms with Gasteiger partial charge in [-0.05, 0) is 55.6 Å². The number of carbonyl (C=O) groups excluding carboxylic acids is 1. The highest BCUT2D eigenvalue weighted by Crippen LogP contribution is 2.29. The monoisotopic (exact) mass is 433 g/mol. The number of hydrogen-bond donors (Lipinski definition) is 3. The van der Waals surface area contributed by atoms with Crippen LogP contribution in [0.1, 0.15) is 17.3 Å². The van der Waals surface area contributed by atoms with Gasteiger partial charge in [-0.1, -0.05) is 0 Å². The van der Waals surface area contributed by atoms with Gasteiger partial charge in [0.2, 0.25) is 0 Å². The van der Waals surface area contributed by atoms with Crippen molar-refractivity contribution in [3.8, 4) is 17.2 Å². The van der Waals surface area contributed by atoms with E-state index in [4.69, 9.17) is 20.9 Å². The number of rotatable bonds is 8. The summed E-state index contributed by atoms with van der Waals surface area (Å²) in [5, 5.41) is 9.22. The molecule has 9 nitrogen and oxygen atoms in total. The van der Waals surface area contributed by atoms with Crippen molar-refractivity contribution in [2.24, 2.45) is 16.5 Å². The minimum absolute atomic E-state index is 0.0728. The largest absolute Gasteiger partial charge is 0.488 e. The highest BCUT2D eigenvalue weighted by Gasteiger charge is 2.13. The molecular weight excluding hydrogens is 410 g/mol. The Labute approximate surface area is 174 Å². The van der Waals surface area contributed by atoms with Crippen LogP contribution in [0.4, 0.5) is 0 Å². The summed E-state index contributed by atoms with van der Waals surface area (Å²) in [5.41, 5.74) is 11.0. The molecule has 1 atom stereocenters. The molecule has 10 heteroatoms. The van der Waals surface area contributed by atoms with E-state index in [0.29, 0.717) is 5.75 Å². The van der Waals surface area contributed by atoms with E-state index in [2.05, 4.69) is 4.99 Å². The summed E-state index contributed by atoms with van der Waals surface area (Å²) < 4.78 is 34.5. The molecule has 0 saturated heterocycles. The molecule has 0 saturated carbocycles. The normalized spacial score (nSPS) is 13.2. The van der Waals surface area contributed by atoms with Gasteiger partial charge in [0, 0.05) is 17.9 Å². The number of nitrogens with zero attached hydrogens (tertiary/aromatic N) is 1. The van der Waals surface area contributed by atoms with Crippen LogP contribution in [0.25, 0.3) is 0 Å². The van der Waals surface area contributed by atoms with Gasteiger partial charge in [0.25, 0.3) is 5.91 Å². The Morgan fingerprint density at radius 3 is 2.37 bits per heavy atom. The Hall–Kier alpha value is -3.37. The molecular formula is C20H23N3O6S. The second-order valence-electron chi connectivity index (χ2n) is 6.35. The first-order chi connectivity index (χ1) is 14.1. The van der Waals surface area contributed by atoms with Crippen LogP contribution in [0.15, 0.2) is 64.6 Å². The molecule has 5 N–H and O–H groups in total. The molecule has 2 rings (SSSR count). The van der Waals surface area contributed by atoms with Gasteiger partial charge in [-0.2, -0.15) is 4.99 Å². The molecule has 0 aliphatic carbocycles. The molecule has 0 radical (unpaired) electrons. The van der Waals surface area contributed by atoms with Crippen molar-refractivity contribution in [1.82, 2.24) is 0 Å². The van der Waals surface area contributed by atoms with Crippen LogP contribution in [0.3, 0.4) is 0 Å². The summed E-state index contributed by atoms with van der Waals surface area (Å²) in [4.78, 5) is 16.3. The van der Waals surface area contributed by atoms with Crippen LogP contribution in [0, 0.1) is 0 Å². The maximum Gasteiger partial charge on any atom is 0.279 e. The number of aliphatic hydroxyl groups is 1. The van der Waals surface area contributed by atoms with Crippen LogP contribution >= 0.6 is 0 Å². The van der Waals surface area contributed by atoms with E-state index >= 15 is 0 Å². The zero-order valence-electron chi connectivity index (χ0n) is 16.5. The molecule has 0 aliphatic heterocycles. The van der Waals surface area contributed by atoms with Crippen molar-refractivity contribution in [3.05, 3.63) is 60.3 Å². The van der Waals surface area contributed by atoms with Gasteiger partial charge >= 0.3 is 0 Å². The number of sulfone groups is 1. The Morgan fingerprint density at radius 2 is 1.80 bits per heavy atom. The third-order valence-electron chi connectivity index (χ3n) is 3.71. The number of amides is 1. The lowest BCUT2D eigenvalue weighted by atomic mass is 10.2. The first kappa shape index (κ1) is 22.9. The average Bonchev–Trinajstić information content (AvgIpc) is 2.67. The summed E-state index contributed by atoms with van der Waals surface area (Å²) in [6.07, 6.45) is 3.01. The van der Waals surface area contributed by atoms with Gasteiger partial charge in [-0.15, -0.1) is 0 Å². The molecule has 160 valence electrons. The smallest absolute Gasteiger partial charge is 0.279 e. The fraction of sp³-hybridized carbons (Fsp3) is 0.200. The summed E-state index contributed by atoms with van der Waals surface area (Å²) >= 11 is 0. The van der Waals surface area contributed by atoms with Crippen LogP contribution in [0.2, 0.25) is 0 Å². The average molecular weight is 433 g/mol. The van der Waals surface area contributed by atoms with E-state index < -0.39 is 21.8 Å². The van der Waals surface area contributed by atoms with Crippen molar-refractivity contribution in [1.29, 1.82) is 0 Å². The van der Waals surface area contributed by atoms with Gasteiger partial charge in [0.05, 0.1) is 11.5 Å². The fourth-order valence-corrected chi connectivity index (χ4v) is 2.93. The van der Waals surface area contributed by atoms with Crippen molar-refractivity contribution < 1.29 is 27.8 Å². The predicted octanol–water partition coefficient (Wildman–Crippen LogP) is 1.61. The van der Waals surface area contributed by atoms with Crippen LogP contribution in [-0.4, -0.2) is 44.2 Å². The van der Waals surface area contributed by atoms with E-state index in [9.17, 15) is 18.3 Å². The fourth-order valence-electron chi connectivity index (χ4n) is 2.30. The minimum Gasteiger partial charge on any atom is -0.488 e. The van der Waals surface area contributed by atoms with Gasteiger partial charge < -0.3 is 26.0 Å². The van der Waals surface area contributed by atoms with E-state index in [1.54, 1.807) is 6.92 Å². The number of aliphatic imine (C=N–C) groups is 1. The maximum absolute atomic E-state index is 12.4. The molecule has 0 fully saturated rings. The number of carbonyl (C=O) groups is 1. The minimum atomic E-state index is -3.33. The number of nitrogens with two attached hydrogens (primary N) is 2. The van der Waals surface area contributed by atoms with Crippen molar-refractivity contribution in [2.45, 2.75) is 17.9 Å². The summed E-state index contributed by atoms with van der Waals surface area (Å²) in [6, 6.07) is 10.2. The van der Waals surface area contributed by atoms with E-state index in [0.717, 1.165) is 12.5 Å². The standard InChI is InChI=1S/C20H23N3O6S/c1-13(12-24)28-16-9-14(20(25)23-19(22)7-8-21)10-17(11-16)29-15-3-5-18(6-4-15)30(2,26)27/h3-11,13,24H,12,21H2,1-2H3,(H2,22,23,25)/b8-7-/t13-/m0/s1. The molecule has 0 bridgehead atoms. The maximum atomic E-state index is 12.4. The van der Waals surface area contributed by atoms with Crippen LogP contribution in [-0.2, 0) is 9.84 Å². The number of hydrogen-bond acceptors (Lipinski definition) is 7. The number of aliphatic hydroxyl groups excluding tert-OH is 1. The van der Waals surface area contributed by atoms with Crippen LogP contribution in [0.5, 0.6) is 17.2 Å². The number of amidine groups is 1. The van der Waals surface area contributed by atoms with E-state index in [1.165, 1.54) is 48.5 Å². The topological polar surface area (TPSA) is 154 Å². The van der Waals surface area contributed by atoms with Gasteiger partial charge in [0.15, 0.2) is 9.84 Å². The molecule has 1 amide bonds. The Kier molecular flexibility index (Phi) is 7.56. The molecule has 0 aromatic heterocycles. The van der Waals surface area contributed by atoms with E-state index in [1.807, 2.05) is 0 Å². The van der Waals surface area contributed by atoms with Gasteiger partial charge in [-0.3, -0.25) is 4.79 Å². The quantitative estimate of drug-likeness (QED) is 0.419. The Morgan fingerprint density at radius 1 is 1.17 bits per heavy atom. The lowest BCUT2D eigenvalue weighted by Gasteiger charge is -2.14. The number of benzene rings is 2. The van der Waals surface area contributed by atoms with Crippen molar-refractivity contribution in [2.75, 3.05) is 12.9 Å². The SMILES string of the molecule is C[C@@H](CO)Oc1cc(Oc2ccc(S(C)(=O)=O)cc2)cc(C(=O)N=C(N)/C=C\N)c1. The van der Waals surface area contributed by atoms with Crippen molar-refractivity contribution >= 4 is 21.6 Å². The van der Waals surface area contributed by atoms with Gasteiger partial charge in [-0.25, -0.2) is 8.42 Å². The third-order valence-corrected chi connectivity index (χ3v) is 4.84. The first-order valence-corrected chi connectivity index (χ1v) is 10.7. The number of ether oxygens (including phenoxy) is 2. The highest BCUT2D eigenvalue weighted by atomic mass is 32.2. The zero-order valence-corrected chi connectivity index (χ0v) is 17.3. The highest BCUT2D eigenvalue weighted by molar-refractivity contribution is 7.90. The first-order valence-electron chi connectivity index (χ1n) is 8.79. The third kappa shape index (κ3) is 6.61. The lowest BCUT2D eigenvalue weighted by Crippen LogP contribution is -2.16. The lowest BCUT2D eigenvalue weighted by molar-refractivity contribution is 0.100. The van der Waals surface area contributed by atoms with E-state index in [-0.39, 0.29) is 34.4 Å². The van der Waals surface area contributed by atoms with Crippen LogP contribution < -0.4 is 20.9 Å². The zero-order chi connectivity index (χ0) is 22.3. The second kappa shape index (κ2) is 9.90. The van der Waals surface area contributed by atoms with Gasteiger partial charge in [0.1, 0.15) is 29.2 Å². The second-order valence-corrected chi connectivity index (χ2v) is 8.37. The Bertz CT molecular complexity index is 1060. The summed E-state index contributed by atoms with van der Waals surface area (Å²) in [5.74, 6) is 0.146. The molecule has 0 spiro atoms.